The molecule has 0 aromatic carbocycles. The van der Waals surface area contributed by atoms with E-state index in [2.05, 4.69) is 14.7 Å². The van der Waals surface area contributed by atoms with Crippen molar-refractivity contribution in [3.63, 3.8) is 0 Å². The van der Waals surface area contributed by atoms with Crippen LogP contribution in [0.5, 0.6) is 0 Å². The molecule has 0 atom stereocenters. The minimum atomic E-state index is 0.384. The lowest BCUT2D eigenvalue weighted by molar-refractivity contribution is -0.132. The molecule has 0 aromatic rings. The van der Waals surface area contributed by atoms with Crippen molar-refractivity contribution in [1.82, 2.24) is 14.7 Å². The van der Waals surface area contributed by atoms with E-state index in [0.29, 0.717) is 24.7 Å². The van der Waals surface area contributed by atoms with E-state index < -0.39 is 0 Å². The molecular formula is C59H112N4O2. The summed E-state index contributed by atoms with van der Waals surface area (Å²) in [7, 11) is 0. The molecule has 0 rings (SSSR count). The molecule has 380 valence electrons. The number of carbonyl (C=O) groups excluding carboxylic acids is 2. The van der Waals surface area contributed by atoms with Gasteiger partial charge in [0.2, 0.25) is 11.8 Å². The Hall–Kier alpha value is -1.14. The third kappa shape index (κ3) is 46.4. The number of nitrogens with two attached hydrogens (primary N) is 1. The Bertz CT molecular complexity index is 835. The van der Waals surface area contributed by atoms with Gasteiger partial charge in [-0.2, -0.15) is 0 Å². The SMILES string of the molecule is [CH]CCCCCCCCCN(CCCCCCCCC[CH])C(=O)CCCCCCCN(CCCN)CCCCCCCC(=O)N(CCCCCCCCC[CH])CCCCCCCCC[CH]. The first kappa shape index (κ1) is 63.9. The Morgan fingerprint density at radius 1 is 0.262 bits per heavy atom. The molecule has 0 saturated carbocycles. The number of hydrogen-bond donors (Lipinski definition) is 1. The number of hydrogen-bond acceptors (Lipinski definition) is 4. The van der Waals surface area contributed by atoms with Crippen LogP contribution in [0.15, 0.2) is 0 Å². The van der Waals surface area contributed by atoms with Crippen LogP contribution < -0.4 is 5.73 Å². The molecule has 2 N–H and O–H groups in total. The minimum Gasteiger partial charge on any atom is -0.343 e. The maximum Gasteiger partial charge on any atom is 0.222 e. The zero-order chi connectivity index (χ0) is 47.4. The highest BCUT2D eigenvalue weighted by atomic mass is 16.2. The molecule has 0 saturated heterocycles. The van der Waals surface area contributed by atoms with Gasteiger partial charge in [0.15, 0.2) is 0 Å². The summed E-state index contributed by atoms with van der Waals surface area (Å²) in [6.45, 7) is 30.5. The standard InChI is InChI=1S/C59H112N4O2/c1-5-9-13-17-21-25-35-43-54-62(55-44-36-26-22-18-14-10-6-2)58(64)48-39-31-29-33-41-51-61(53-47-50-60)52-42-34-30-32-40-49-59(65)63(56-45-37-27-23-19-15-11-7-3)57-46-38-28-24-20-16-12-8-4/h1-4H,5-57,60H2. The Balaban J connectivity index is 4.48. The number of nitrogens with zero attached hydrogens (tertiary/aromatic N) is 3. The molecule has 0 spiro atoms. The summed E-state index contributed by atoms with van der Waals surface area (Å²) < 4.78 is 0. The van der Waals surface area contributed by atoms with Crippen molar-refractivity contribution in [2.45, 2.75) is 289 Å². The Labute approximate surface area is 409 Å². The fourth-order valence-electron chi connectivity index (χ4n) is 9.30. The Kier molecular flexibility index (Phi) is 52.9. The first-order valence-corrected chi connectivity index (χ1v) is 28.8. The molecule has 0 aliphatic carbocycles. The number of rotatable bonds is 55. The van der Waals surface area contributed by atoms with Crippen molar-refractivity contribution in [2.75, 3.05) is 52.4 Å². The zero-order valence-electron chi connectivity index (χ0n) is 43.5. The van der Waals surface area contributed by atoms with Crippen molar-refractivity contribution in [1.29, 1.82) is 0 Å². The average Bonchev–Trinajstić information content (AvgIpc) is 3.31. The summed E-state index contributed by atoms with van der Waals surface area (Å²) in [5.41, 5.74) is 5.93. The average molecular weight is 910 g/mol. The molecule has 65 heavy (non-hydrogen) atoms. The van der Waals surface area contributed by atoms with Crippen LogP contribution in [-0.2, 0) is 9.59 Å². The Morgan fingerprint density at radius 2 is 0.462 bits per heavy atom. The van der Waals surface area contributed by atoms with Crippen LogP contribution in [0.3, 0.4) is 0 Å². The normalized spacial score (nSPS) is 11.6. The second-order valence-electron chi connectivity index (χ2n) is 19.8. The van der Waals surface area contributed by atoms with Crippen LogP contribution in [0, 0.1) is 27.7 Å². The smallest absolute Gasteiger partial charge is 0.222 e. The van der Waals surface area contributed by atoms with Gasteiger partial charge in [-0.1, -0.05) is 193 Å². The molecule has 0 fully saturated rings. The molecule has 0 aliphatic rings. The van der Waals surface area contributed by atoms with E-state index in [1.807, 2.05) is 0 Å². The molecule has 0 aliphatic heterocycles. The highest BCUT2D eigenvalue weighted by Crippen LogP contribution is 2.17. The summed E-state index contributed by atoms with van der Waals surface area (Å²) >= 11 is 0. The fraction of sp³-hybridized carbons (Fsp3) is 0.898. The van der Waals surface area contributed by atoms with Crippen LogP contribution in [-0.4, -0.2) is 78.9 Å². The maximum atomic E-state index is 13.4. The second kappa shape index (κ2) is 53.8. The largest absolute Gasteiger partial charge is 0.343 e. The summed E-state index contributed by atoms with van der Waals surface area (Å²) in [4.78, 5) is 33.8. The molecule has 2 amide bonds. The predicted octanol–water partition coefficient (Wildman–Crippen LogP) is 16.3. The first-order chi connectivity index (χ1) is 32.0. The number of carbonyl (C=O) groups is 2. The van der Waals surface area contributed by atoms with Crippen molar-refractivity contribution < 1.29 is 9.59 Å². The van der Waals surface area contributed by atoms with Crippen LogP contribution in [0.1, 0.15) is 289 Å². The lowest BCUT2D eigenvalue weighted by atomic mass is 10.1. The summed E-state index contributed by atoms with van der Waals surface area (Å²) in [6.07, 6.45) is 51.9. The molecule has 0 unspecified atom stereocenters. The van der Waals surface area contributed by atoms with Gasteiger partial charge in [0.1, 0.15) is 0 Å². The van der Waals surface area contributed by atoms with Crippen molar-refractivity contribution in [3.8, 4) is 0 Å². The van der Waals surface area contributed by atoms with Gasteiger partial charge in [0.05, 0.1) is 0 Å². The first-order valence-electron chi connectivity index (χ1n) is 28.8. The minimum absolute atomic E-state index is 0.384. The van der Waals surface area contributed by atoms with Gasteiger partial charge in [-0.3, -0.25) is 9.59 Å². The van der Waals surface area contributed by atoms with Gasteiger partial charge in [-0.25, -0.2) is 0 Å². The monoisotopic (exact) mass is 909 g/mol. The highest BCUT2D eigenvalue weighted by Gasteiger charge is 2.14. The van der Waals surface area contributed by atoms with Gasteiger partial charge < -0.3 is 20.4 Å². The molecule has 6 heteroatoms. The van der Waals surface area contributed by atoms with E-state index in [1.165, 1.54) is 167 Å². The van der Waals surface area contributed by atoms with Crippen molar-refractivity contribution >= 4 is 11.8 Å². The molecule has 0 heterocycles. The van der Waals surface area contributed by atoms with Gasteiger partial charge in [0, 0.05) is 39.0 Å². The molecule has 0 aromatic heterocycles. The summed E-state index contributed by atoms with van der Waals surface area (Å²) in [5, 5.41) is 0. The van der Waals surface area contributed by atoms with E-state index >= 15 is 0 Å². The molecular weight excluding hydrogens is 797 g/mol. The fourth-order valence-corrected chi connectivity index (χ4v) is 9.30. The van der Waals surface area contributed by atoms with E-state index in [9.17, 15) is 9.59 Å². The summed E-state index contributed by atoms with van der Waals surface area (Å²) in [5.74, 6) is 0.769. The molecule has 6 nitrogen and oxygen atoms in total. The molecule has 8 radical (unpaired) electrons. The molecule has 0 bridgehead atoms. The lowest BCUT2D eigenvalue weighted by Gasteiger charge is -2.23. The van der Waals surface area contributed by atoms with Crippen LogP contribution in [0.4, 0.5) is 0 Å². The topological polar surface area (TPSA) is 69.9 Å². The third-order valence-electron chi connectivity index (χ3n) is 13.6. The van der Waals surface area contributed by atoms with E-state index in [0.717, 1.165) is 162 Å². The third-order valence-corrected chi connectivity index (χ3v) is 13.6. The van der Waals surface area contributed by atoms with Gasteiger partial charge in [-0.15, -0.1) is 0 Å². The van der Waals surface area contributed by atoms with E-state index in [-0.39, 0.29) is 0 Å². The predicted molar refractivity (Wildman–Crippen MR) is 284 cm³/mol. The number of unbranched alkanes of at least 4 members (excludes halogenated alkanes) is 36. The van der Waals surface area contributed by atoms with Gasteiger partial charge in [-0.05, 0) is 137 Å². The lowest BCUT2D eigenvalue weighted by Crippen LogP contribution is -2.32. The maximum absolute atomic E-state index is 13.4. The van der Waals surface area contributed by atoms with Gasteiger partial charge in [0.25, 0.3) is 0 Å². The van der Waals surface area contributed by atoms with E-state index in [4.69, 9.17) is 33.4 Å². The zero-order valence-corrected chi connectivity index (χ0v) is 43.5. The van der Waals surface area contributed by atoms with Crippen molar-refractivity contribution in [2.24, 2.45) is 5.73 Å². The van der Waals surface area contributed by atoms with Crippen LogP contribution in [0.25, 0.3) is 0 Å². The number of amides is 2. The van der Waals surface area contributed by atoms with Crippen LogP contribution >= 0.6 is 0 Å². The van der Waals surface area contributed by atoms with Crippen LogP contribution in [0.2, 0.25) is 0 Å². The quantitative estimate of drug-likeness (QED) is 0.0617. The van der Waals surface area contributed by atoms with Gasteiger partial charge >= 0.3 is 0 Å². The highest BCUT2D eigenvalue weighted by molar-refractivity contribution is 5.76. The Morgan fingerprint density at radius 3 is 0.708 bits per heavy atom. The second-order valence-corrected chi connectivity index (χ2v) is 19.8. The van der Waals surface area contributed by atoms with Crippen molar-refractivity contribution in [3.05, 3.63) is 27.7 Å². The van der Waals surface area contributed by atoms with E-state index in [1.54, 1.807) is 0 Å². The summed E-state index contributed by atoms with van der Waals surface area (Å²) in [6, 6.07) is 0.